The maximum atomic E-state index is 13.4. The van der Waals surface area contributed by atoms with E-state index in [9.17, 15) is 38.7 Å². The highest BCUT2D eigenvalue weighted by Gasteiger charge is 2.66. The van der Waals surface area contributed by atoms with Crippen molar-refractivity contribution in [3.05, 3.63) is 135 Å². The molecule has 5 aromatic heterocycles. The van der Waals surface area contributed by atoms with Gasteiger partial charge in [0.15, 0.2) is 0 Å². The van der Waals surface area contributed by atoms with Crippen LogP contribution in [-0.2, 0) is 37.5 Å². The summed E-state index contributed by atoms with van der Waals surface area (Å²) in [6.07, 6.45) is 71.2. The molecule has 0 unspecified atom stereocenters. The second-order valence-corrected chi connectivity index (χ2v) is 55.6. The predicted octanol–water partition coefficient (Wildman–Crippen LogP) is 25.5. The van der Waals surface area contributed by atoms with Gasteiger partial charge in [-0.2, -0.15) is 45.0 Å². The Labute approximate surface area is 883 Å². The zero-order chi connectivity index (χ0) is 103. The molecule has 0 bridgehead atoms. The molecule has 19 nitrogen and oxygen atoms in total. The number of hydrogen-bond acceptors (Lipinski definition) is 14. The number of alkyl halides is 3. The Morgan fingerprint density at radius 2 is 0.633 bits per heavy atom. The number of ether oxygens (including phenoxy) is 1. The summed E-state index contributed by atoms with van der Waals surface area (Å²) in [7, 11) is 1.72. The van der Waals surface area contributed by atoms with Gasteiger partial charge in [0.05, 0.1) is 92.9 Å². The highest BCUT2D eigenvalue weighted by atomic mass is 35.5. The number of fused-ring (bicyclic) bond motifs is 25. The first-order valence-electron chi connectivity index (χ1n) is 59.4. The van der Waals surface area contributed by atoms with Crippen LogP contribution in [0, 0.1) is 216 Å². The van der Waals surface area contributed by atoms with Gasteiger partial charge in [-0.15, -0.1) is 0 Å². The Bertz CT molecular complexity index is 5390. The van der Waals surface area contributed by atoms with Crippen LogP contribution in [0.1, 0.15) is 330 Å². The van der Waals surface area contributed by atoms with E-state index in [-0.39, 0.29) is 12.3 Å². The maximum absolute atomic E-state index is 13.4. The lowest BCUT2D eigenvalue weighted by atomic mass is 9.48. The summed E-state index contributed by atoms with van der Waals surface area (Å²) < 4.78 is 49.8. The predicted molar refractivity (Wildman–Crippen MR) is 571 cm³/mol. The van der Waals surface area contributed by atoms with Crippen molar-refractivity contribution in [1.82, 2.24) is 64.1 Å². The van der Waals surface area contributed by atoms with Gasteiger partial charge < -0.3 is 39.4 Å². The number of imidazole rings is 2. The second-order valence-electron chi connectivity index (χ2n) is 55.4. The molecule has 40 atom stereocenters. The molecular formula is C124H183ClF3N13O6. The molecule has 0 spiro atoms. The third-order valence-corrected chi connectivity index (χ3v) is 48.7. The van der Waals surface area contributed by atoms with E-state index in [1.54, 1.807) is 58.7 Å². The monoisotopic (exact) mass is 2040 g/mol. The third-order valence-electron chi connectivity index (χ3n) is 48.6. The lowest BCUT2D eigenvalue weighted by Gasteiger charge is -2.57. The standard InChI is InChI=1S/C26H35ClN2O.C25H36F2N2O.C25H39N3O2.C24H36FN3O.C24H37N3O/c1-18(16-29-14-13-28-17-29)23-5-6-24-22-4-3-19-15-26(30,11-12-27)10-8-20(19)21(22)7-9-25(23,24)2;1-16(14-29-12-11-28-15-29)21-5-6-22-20-4-3-17-13-25(30,23(26)27)10-8-18(17)19(20)7-9-24(21,22)2;1-17(15-28-26-12-13-27-28)22-6-7-23-21-5-4-18-14-25(29,16-30-3)11-9-19(18)20(21)8-10-24(22,23)2;1-16(14-28-26-11-12-27-28)21-5-6-22-20-4-3-17-13-24(29,15-25)10-8-18(17)19(20)7-9-23(21,22)2;1-16(15-27-25-12-13-26-27)21-6-7-22-20-5-4-17-14-23(2,28)10-8-18(17)19(20)9-11-24(21,22)3/h13-14,17,19-24,30H,1,3-10,15-16H2,2H3;11-12,15,17-23,30H,1,3-10,13-14H2,2H3;12-13,18-23,29H,1,4-11,14-16H2,2-3H3;11-12,17-22,29H,1,3-10,13-15H2,2H3;12-13,17-22,28H,1,4-11,14-15H2,2-3H3/t19-,20+,21-,22-,23-,24+,25-,26-;17-,18+,19-,20-,21-,22+,24-,25+;18-,19+,20-,21-,22-,23+,24-,25+;17-,18+,19-,20-,21-,22+,23-,24+;17-,18+,19-,20-,21-,22+,23+,24-/m11111/s1. The lowest BCUT2D eigenvalue weighted by Crippen LogP contribution is -2.52. The molecule has 5 aromatic rings. The van der Waals surface area contributed by atoms with Gasteiger partial charge in [-0.25, -0.2) is 23.1 Å². The van der Waals surface area contributed by atoms with Gasteiger partial charge >= 0.3 is 0 Å². The van der Waals surface area contributed by atoms with E-state index in [0.717, 1.165) is 210 Å². The number of nitrogens with zero attached hydrogens (tertiary/aromatic N) is 13. The van der Waals surface area contributed by atoms with E-state index in [1.807, 2.05) is 31.2 Å². The Kier molecular flexibility index (Phi) is 30.9. The highest BCUT2D eigenvalue weighted by Crippen LogP contribution is 2.73. The van der Waals surface area contributed by atoms with Gasteiger partial charge in [0.25, 0.3) is 6.43 Å². The van der Waals surface area contributed by atoms with Crippen LogP contribution in [0.2, 0.25) is 0 Å². The molecule has 20 aliphatic rings. The quantitative estimate of drug-likeness (QED) is 0.0382. The molecule has 23 heteroatoms. The third kappa shape index (κ3) is 20.4. The van der Waals surface area contributed by atoms with E-state index in [0.29, 0.717) is 118 Å². The molecule has 20 saturated carbocycles. The fourth-order valence-corrected chi connectivity index (χ4v) is 42.5. The summed E-state index contributed by atoms with van der Waals surface area (Å²) in [5, 5.41) is 81.5. The Morgan fingerprint density at radius 3 is 0.952 bits per heavy atom. The molecule has 20 fully saturated rings. The summed E-state index contributed by atoms with van der Waals surface area (Å²) in [6.45, 7) is 41.3. The van der Waals surface area contributed by atoms with Crippen molar-refractivity contribution < 1.29 is 43.4 Å². The molecule has 5 N–H and O–H groups in total. The molecule has 0 aliphatic heterocycles. The minimum atomic E-state index is -2.61. The summed E-state index contributed by atoms with van der Waals surface area (Å²) in [5.41, 5.74) is 3.98. The van der Waals surface area contributed by atoms with Crippen molar-refractivity contribution in [3.63, 3.8) is 0 Å². The molecule has 0 radical (unpaired) electrons. The van der Waals surface area contributed by atoms with Crippen LogP contribution < -0.4 is 0 Å². The van der Waals surface area contributed by atoms with Gasteiger partial charge in [0.2, 0.25) is 0 Å². The summed E-state index contributed by atoms with van der Waals surface area (Å²) >= 11 is 5.64. The molecule has 5 heterocycles. The van der Waals surface area contributed by atoms with Gasteiger partial charge in [-0.1, -0.05) is 101 Å². The number of aliphatic hydroxyl groups is 5. The largest absolute Gasteiger partial charge is 0.390 e. The number of halogens is 4. The number of aromatic nitrogens is 13. The van der Waals surface area contributed by atoms with E-state index in [4.69, 9.17) is 16.3 Å². The first-order chi connectivity index (χ1) is 70.5. The normalized spacial score (nSPS) is 46.0. The molecule has 0 aromatic carbocycles. The van der Waals surface area contributed by atoms with E-state index in [2.05, 4.69) is 142 Å². The van der Waals surface area contributed by atoms with Crippen LogP contribution in [0.25, 0.3) is 0 Å². The van der Waals surface area contributed by atoms with Crippen molar-refractivity contribution in [2.45, 2.75) is 398 Å². The fourth-order valence-electron chi connectivity index (χ4n) is 42.4. The van der Waals surface area contributed by atoms with Crippen molar-refractivity contribution in [1.29, 1.82) is 0 Å². The minimum absolute atomic E-state index is 0.279. The van der Waals surface area contributed by atoms with Crippen LogP contribution >= 0.6 is 11.6 Å². The number of rotatable bonds is 19. The van der Waals surface area contributed by atoms with Crippen LogP contribution in [0.15, 0.2) is 135 Å². The average molecular weight is 2040 g/mol. The Balaban J connectivity index is 0.000000108. The number of allylic oxidation sites excluding steroid dienone is 5. The molecule has 0 amide bonds. The molecular weight excluding hydrogens is 1860 g/mol. The van der Waals surface area contributed by atoms with Crippen molar-refractivity contribution in [2.75, 3.05) is 20.4 Å². The van der Waals surface area contributed by atoms with E-state index < -0.39 is 41.1 Å². The fraction of sp³-hybridized carbons (Fsp3) is 0.806. The van der Waals surface area contributed by atoms with Crippen molar-refractivity contribution >= 4 is 11.6 Å². The Hall–Kier alpha value is -6.06. The van der Waals surface area contributed by atoms with E-state index >= 15 is 0 Å². The second kappa shape index (κ2) is 42.6. The van der Waals surface area contributed by atoms with Gasteiger partial charge in [-0.05, 0) is 512 Å². The highest BCUT2D eigenvalue weighted by molar-refractivity contribution is 6.30. The molecule has 25 rings (SSSR count). The number of methoxy groups -OCH3 is 1. The van der Waals surface area contributed by atoms with Crippen molar-refractivity contribution in [2.24, 2.45) is 205 Å². The molecule has 0 saturated heterocycles. The lowest BCUT2D eigenvalue weighted by molar-refractivity contribution is -0.158. The summed E-state index contributed by atoms with van der Waals surface area (Å²) in [6, 6.07) is 0. The van der Waals surface area contributed by atoms with Gasteiger partial charge in [0.1, 0.15) is 17.9 Å². The van der Waals surface area contributed by atoms with Crippen molar-refractivity contribution in [3.8, 4) is 11.3 Å². The van der Waals surface area contributed by atoms with Gasteiger partial charge in [-0.3, -0.25) is 0 Å². The molecule has 20 aliphatic carbocycles. The SMILES string of the molecule is C=C(Cn1ccnc1)[C@H]1CC[C@H]2[C@@H]3CC[C@@H]4C[C@](O)(C#CCl)CC[C@@H]4[C@H]3CC[C@]12C.C=C(Cn1ccnc1)[C@H]1CC[C@H]2[C@@H]3CC[C@@H]4C[C@](O)(C(F)F)CC[C@@H]4[C@H]3CC[C@]12C.C=C(Cn1nccn1)[C@H]1CC[C@H]2[C@@H]3CC[C@@H]4C[C@@](C)(O)CC[C@@H]4[C@H]3CC[C@]12C.C=C(Cn1nccn1)[C@H]1CC[C@H]2[C@@H]3CC[C@@H]4C[C@](O)(CF)CC[C@@H]4[C@H]3CC[C@]12C.C=C(Cn1nccn1)[C@H]1CC[C@H]2[C@@H]3CC[C@@H]4C[C@](O)(COC)CC[C@@H]4[C@H]3CC[C@]12C. The van der Waals surface area contributed by atoms with Gasteiger partial charge in [0, 0.05) is 50.4 Å². The van der Waals surface area contributed by atoms with Crippen LogP contribution in [0.4, 0.5) is 13.2 Å². The summed E-state index contributed by atoms with van der Waals surface area (Å²) in [5.74, 6) is 24.9. The Morgan fingerprint density at radius 1 is 0.340 bits per heavy atom. The summed E-state index contributed by atoms with van der Waals surface area (Å²) in [4.78, 5) is 13.7. The first kappa shape index (κ1) is 107. The topological polar surface area (TPSA) is 238 Å². The zero-order valence-electron chi connectivity index (χ0n) is 90.6. The molecule has 808 valence electrons. The van der Waals surface area contributed by atoms with Crippen LogP contribution in [-0.4, -0.2) is 144 Å². The first-order valence-corrected chi connectivity index (χ1v) is 59.8. The van der Waals surface area contributed by atoms with E-state index in [1.165, 1.54) is 220 Å². The maximum Gasteiger partial charge on any atom is 0.266 e. The van der Waals surface area contributed by atoms with Crippen LogP contribution in [0.5, 0.6) is 0 Å². The zero-order valence-corrected chi connectivity index (χ0v) is 91.4. The molecule has 147 heavy (non-hydrogen) atoms. The minimum Gasteiger partial charge on any atom is -0.390 e. The smallest absolute Gasteiger partial charge is 0.266 e. The number of hydrogen-bond donors (Lipinski definition) is 5. The average Bonchev–Trinajstić information content (AvgIpc) is 1.61. The van der Waals surface area contributed by atoms with Crippen LogP contribution in [0.3, 0.4) is 0 Å².